The van der Waals surface area contributed by atoms with Crippen LogP contribution in [0.3, 0.4) is 0 Å². The van der Waals surface area contributed by atoms with Crippen molar-refractivity contribution in [1.82, 2.24) is 0 Å². The molecule has 0 N–H and O–H groups in total. The standard InChI is InChI=1S/C20H23NO2/c1-3-22-19-8-4-5-9-20(19)23-14-6-7-18(15-21)17-12-10-16(2)11-13-17/h4-5,8-13,18H,3,6-7,14H2,1-2H3. The van der Waals surface area contributed by atoms with Gasteiger partial charge in [-0.15, -0.1) is 0 Å². The number of rotatable bonds is 8. The molecule has 2 rings (SSSR count). The summed E-state index contributed by atoms with van der Waals surface area (Å²) in [5, 5.41) is 9.37. The monoisotopic (exact) mass is 309 g/mol. The van der Waals surface area contributed by atoms with Crippen LogP contribution in [0.5, 0.6) is 11.5 Å². The Morgan fingerprint density at radius 2 is 1.65 bits per heavy atom. The highest BCUT2D eigenvalue weighted by Crippen LogP contribution is 2.27. The Morgan fingerprint density at radius 1 is 1.00 bits per heavy atom. The molecule has 3 nitrogen and oxygen atoms in total. The van der Waals surface area contributed by atoms with Gasteiger partial charge in [0.15, 0.2) is 11.5 Å². The molecule has 1 unspecified atom stereocenters. The second-order valence-corrected chi connectivity index (χ2v) is 5.46. The molecule has 2 aromatic rings. The van der Waals surface area contributed by atoms with Crippen LogP contribution in [0.1, 0.15) is 36.8 Å². The number of para-hydroxylation sites is 2. The molecule has 23 heavy (non-hydrogen) atoms. The Balaban J connectivity index is 1.85. The van der Waals surface area contributed by atoms with Crippen molar-refractivity contribution < 1.29 is 9.47 Å². The van der Waals surface area contributed by atoms with Crippen LogP contribution in [0.4, 0.5) is 0 Å². The molecule has 0 spiro atoms. The Hall–Kier alpha value is -2.47. The first-order chi connectivity index (χ1) is 11.2. The predicted octanol–water partition coefficient (Wildman–Crippen LogP) is 4.86. The third kappa shape index (κ3) is 5.03. The van der Waals surface area contributed by atoms with Gasteiger partial charge in [-0.05, 0) is 44.4 Å². The van der Waals surface area contributed by atoms with E-state index in [1.165, 1.54) is 5.56 Å². The van der Waals surface area contributed by atoms with E-state index in [0.29, 0.717) is 13.2 Å². The number of hydrogen-bond acceptors (Lipinski definition) is 3. The lowest BCUT2D eigenvalue weighted by atomic mass is 9.95. The van der Waals surface area contributed by atoms with Gasteiger partial charge in [0.05, 0.1) is 25.2 Å². The number of aryl methyl sites for hydroxylation is 1. The van der Waals surface area contributed by atoms with E-state index in [1.54, 1.807) is 0 Å². The van der Waals surface area contributed by atoms with Crippen molar-refractivity contribution in [1.29, 1.82) is 5.26 Å². The summed E-state index contributed by atoms with van der Waals surface area (Å²) in [5.41, 5.74) is 2.29. The molecular formula is C20H23NO2. The van der Waals surface area contributed by atoms with E-state index in [9.17, 15) is 5.26 Å². The summed E-state index contributed by atoms with van der Waals surface area (Å²) in [4.78, 5) is 0. The van der Waals surface area contributed by atoms with Crippen LogP contribution in [0.2, 0.25) is 0 Å². The number of benzene rings is 2. The van der Waals surface area contributed by atoms with Crippen LogP contribution in [-0.2, 0) is 0 Å². The maximum atomic E-state index is 9.37. The van der Waals surface area contributed by atoms with Gasteiger partial charge in [-0.1, -0.05) is 42.0 Å². The molecule has 0 saturated heterocycles. The Labute approximate surface area is 138 Å². The van der Waals surface area contributed by atoms with Gasteiger partial charge >= 0.3 is 0 Å². The molecule has 0 aliphatic rings. The number of nitriles is 1. The second kappa shape index (κ2) is 8.85. The first-order valence-electron chi connectivity index (χ1n) is 8.05. The molecule has 0 heterocycles. The van der Waals surface area contributed by atoms with Crippen molar-refractivity contribution in [3.05, 3.63) is 59.7 Å². The molecule has 0 amide bonds. The summed E-state index contributed by atoms with van der Waals surface area (Å²) in [6.45, 7) is 5.20. The van der Waals surface area contributed by atoms with Gasteiger partial charge in [0.25, 0.3) is 0 Å². The van der Waals surface area contributed by atoms with Crippen molar-refractivity contribution >= 4 is 0 Å². The molecule has 0 aliphatic carbocycles. The lowest BCUT2D eigenvalue weighted by molar-refractivity contribution is 0.270. The van der Waals surface area contributed by atoms with E-state index >= 15 is 0 Å². The fraction of sp³-hybridized carbons (Fsp3) is 0.350. The van der Waals surface area contributed by atoms with E-state index in [-0.39, 0.29) is 5.92 Å². The molecule has 1 atom stereocenters. The van der Waals surface area contributed by atoms with Crippen molar-refractivity contribution in [3.63, 3.8) is 0 Å². The summed E-state index contributed by atoms with van der Waals surface area (Å²) >= 11 is 0. The lowest BCUT2D eigenvalue weighted by Crippen LogP contribution is -2.03. The number of hydrogen-bond donors (Lipinski definition) is 0. The molecule has 0 aromatic heterocycles. The van der Waals surface area contributed by atoms with Gasteiger partial charge in [-0.3, -0.25) is 0 Å². The minimum absolute atomic E-state index is 0.0821. The van der Waals surface area contributed by atoms with Gasteiger partial charge in [0, 0.05) is 0 Å². The van der Waals surface area contributed by atoms with E-state index in [1.807, 2.05) is 43.3 Å². The minimum Gasteiger partial charge on any atom is -0.490 e. The van der Waals surface area contributed by atoms with Crippen molar-refractivity contribution in [2.45, 2.75) is 32.6 Å². The number of nitrogens with zero attached hydrogens (tertiary/aromatic N) is 1. The molecule has 0 saturated carbocycles. The SMILES string of the molecule is CCOc1ccccc1OCCCC(C#N)c1ccc(C)cc1. The Bertz CT molecular complexity index is 643. The molecule has 0 radical (unpaired) electrons. The highest BCUT2D eigenvalue weighted by molar-refractivity contribution is 5.39. The van der Waals surface area contributed by atoms with Crippen molar-refractivity contribution in [2.75, 3.05) is 13.2 Å². The predicted molar refractivity (Wildman–Crippen MR) is 91.9 cm³/mol. The molecule has 0 fully saturated rings. The van der Waals surface area contributed by atoms with Crippen LogP contribution in [0.25, 0.3) is 0 Å². The fourth-order valence-electron chi connectivity index (χ4n) is 2.42. The van der Waals surface area contributed by atoms with Gasteiger partial charge < -0.3 is 9.47 Å². The molecule has 0 bridgehead atoms. The summed E-state index contributed by atoms with van der Waals surface area (Å²) in [5.74, 6) is 1.45. The molecule has 3 heteroatoms. The van der Waals surface area contributed by atoms with Gasteiger partial charge in [0.2, 0.25) is 0 Å². The first-order valence-corrected chi connectivity index (χ1v) is 8.05. The van der Waals surface area contributed by atoms with E-state index in [4.69, 9.17) is 9.47 Å². The summed E-state index contributed by atoms with van der Waals surface area (Å²) in [6.07, 6.45) is 1.61. The summed E-state index contributed by atoms with van der Waals surface area (Å²) < 4.78 is 11.3. The smallest absolute Gasteiger partial charge is 0.161 e. The normalized spacial score (nSPS) is 11.5. The third-order valence-corrected chi connectivity index (χ3v) is 3.68. The van der Waals surface area contributed by atoms with E-state index in [0.717, 1.165) is 29.9 Å². The quantitative estimate of drug-likeness (QED) is 0.654. The van der Waals surface area contributed by atoms with Gasteiger partial charge in [0.1, 0.15) is 0 Å². The number of ether oxygens (including phenoxy) is 2. The zero-order valence-electron chi connectivity index (χ0n) is 13.8. The second-order valence-electron chi connectivity index (χ2n) is 5.46. The van der Waals surface area contributed by atoms with Crippen LogP contribution in [0, 0.1) is 18.3 Å². The van der Waals surface area contributed by atoms with Gasteiger partial charge in [-0.2, -0.15) is 5.26 Å². The summed E-state index contributed by atoms with van der Waals surface area (Å²) in [7, 11) is 0. The highest BCUT2D eigenvalue weighted by atomic mass is 16.5. The molecule has 0 aliphatic heterocycles. The highest BCUT2D eigenvalue weighted by Gasteiger charge is 2.10. The molecule has 120 valence electrons. The third-order valence-electron chi connectivity index (χ3n) is 3.68. The molecular weight excluding hydrogens is 286 g/mol. The topological polar surface area (TPSA) is 42.2 Å². The largest absolute Gasteiger partial charge is 0.490 e. The lowest BCUT2D eigenvalue weighted by Gasteiger charge is -2.13. The average Bonchev–Trinajstić information content (AvgIpc) is 2.58. The zero-order chi connectivity index (χ0) is 16.5. The van der Waals surface area contributed by atoms with Crippen molar-refractivity contribution in [2.24, 2.45) is 0 Å². The van der Waals surface area contributed by atoms with Crippen LogP contribution < -0.4 is 9.47 Å². The zero-order valence-corrected chi connectivity index (χ0v) is 13.8. The Morgan fingerprint density at radius 3 is 2.26 bits per heavy atom. The van der Waals surface area contributed by atoms with Gasteiger partial charge in [-0.25, -0.2) is 0 Å². The minimum atomic E-state index is -0.0821. The maximum Gasteiger partial charge on any atom is 0.161 e. The van der Waals surface area contributed by atoms with Crippen LogP contribution in [-0.4, -0.2) is 13.2 Å². The average molecular weight is 309 g/mol. The fourth-order valence-corrected chi connectivity index (χ4v) is 2.42. The maximum absolute atomic E-state index is 9.37. The van der Waals surface area contributed by atoms with Crippen LogP contribution in [0.15, 0.2) is 48.5 Å². The van der Waals surface area contributed by atoms with Crippen molar-refractivity contribution in [3.8, 4) is 17.6 Å². The van der Waals surface area contributed by atoms with E-state index in [2.05, 4.69) is 25.1 Å². The first kappa shape index (κ1) is 16.9. The Kier molecular flexibility index (Phi) is 6.50. The summed E-state index contributed by atoms with van der Waals surface area (Å²) in [6, 6.07) is 18.2. The molecule has 2 aromatic carbocycles. The van der Waals surface area contributed by atoms with E-state index < -0.39 is 0 Å². The van der Waals surface area contributed by atoms with Crippen LogP contribution >= 0.6 is 0 Å².